The van der Waals surface area contributed by atoms with Gasteiger partial charge in [-0.1, -0.05) is 17.7 Å². The summed E-state index contributed by atoms with van der Waals surface area (Å²) in [7, 11) is 0. The van der Waals surface area contributed by atoms with Crippen LogP contribution in [0.25, 0.3) is 0 Å². The number of amides is 1. The Labute approximate surface area is 161 Å². The summed E-state index contributed by atoms with van der Waals surface area (Å²) in [5.74, 6) is 0.0275. The van der Waals surface area contributed by atoms with Gasteiger partial charge in [-0.2, -0.15) is 5.10 Å². The lowest BCUT2D eigenvalue weighted by molar-refractivity contribution is -0.119. The molecule has 0 aliphatic rings. The molecule has 0 aliphatic heterocycles. The Morgan fingerprint density at radius 1 is 1.22 bits per heavy atom. The van der Waals surface area contributed by atoms with E-state index in [1.54, 1.807) is 18.3 Å². The van der Waals surface area contributed by atoms with Crippen molar-refractivity contribution < 1.29 is 9.90 Å². The van der Waals surface area contributed by atoms with E-state index in [9.17, 15) is 9.90 Å². The first-order valence-corrected chi connectivity index (χ1v) is 8.92. The first-order valence-electron chi connectivity index (χ1n) is 6.76. The first kappa shape index (κ1) is 18.0. The molecular weight excluding hydrogens is 520 g/mol. The lowest BCUT2D eigenvalue weighted by Crippen LogP contribution is -2.25. The third-order valence-electron chi connectivity index (χ3n) is 2.95. The molecule has 5 nitrogen and oxygen atoms in total. The Balaban J connectivity index is 1.85. The molecule has 0 bridgehead atoms. The fourth-order valence-corrected chi connectivity index (χ4v) is 3.55. The number of carbonyl (C=O) groups is 1. The zero-order valence-corrected chi connectivity index (χ0v) is 16.6. The van der Waals surface area contributed by atoms with Crippen molar-refractivity contribution in [3.8, 4) is 5.75 Å². The number of halogens is 2. The SMILES string of the molecule is Cc1ccc(NCC(=O)N/N=C\c2cc(I)c(O)c(I)c2)cc1. The monoisotopic (exact) mass is 535 g/mol. The molecule has 23 heavy (non-hydrogen) atoms. The number of carbonyl (C=O) groups excluding carboxylic acids is 1. The normalized spacial score (nSPS) is 10.7. The molecule has 1 amide bonds. The molecule has 2 aromatic rings. The second-order valence-electron chi connectivity index (χ2n) is 4.85. The van der Waals surface area contributed by atoms with Gasteiger partial charge in [-0.15, -0.1) is 0 Å². The quantitative estimate of drug-likeness (QED) is 0.312. The molecule has 0 saturated carbocycles. The van der Waals surface area contributed by atoms with Crippen LogP contribution in [-0.4, -0.2) is 23.8 Å². The van der Waals surface area contributed by atoms with E-state index in [1.165, 1.54) is 5.56 Å². The Kier molecular flexibility index (Phi) is 6.63. The van der Waals surface area contributed by atoms with Gasteiger partial charge in [-0.05, 0) is 81.9 Å². The van der Waals surface area contributed by atoms with Gasteiger partial charge in [0.15, 0.2) is 0 Å². The number of phenolic OH excluding ortho intramolecular Hbond substituents is 1. The molecule has 0 atom stereocenters. The molecule has 2 rings (SSSR count). The van der Waals surface area contributed by atoms with Crippen LogP contribution < -0.4 is 10.7 Å². The van der Waals surface area contributed by atoms with E-state index in [-0.39, 0.29) is 18.2 Å². The minimum Gasteiger partial charge on any atom is -0.506 e. The number of aromatic hydroxyl groups is 1. The standard InChI is InChI=1S/C16H15I2N3O2/c1-10-2-4-12(5-3-10)19-9-15(22)21-20-8-11-6-13(17)16(23)14(18)7-11/h2-8,19,23H,9H2,1H3,(H,21,22)/b20-8-. The Morgan fingerprint density at radius 2 is 1.83 bits per heavy atom. The molecule has 0 unspecified atom stereocenters. The number of nitrogens with one attached hydrogen (secondary N) is 2. The van der Waals surface area contributed by atoms with Crippen molar-refractivity contribution in [1.82, 2.24) is 5.43 Å². The van der Waals surface area contributed by atoms with Crippen molar-refractivity contribution >= 4 is 63.0 Å². The van der Waals surface area contributed by atoms with E-state index in [1.807, 2.05) is 76.4 Å². The number of hydrogen-bond acceptors (Lipinski definition) is 4. The predicted octanol–water partition coefficient (Wildman–Crippen LogP) is 3.47. The first-order chi connectivity index (χ1) is 11.0. The highest BCUT2D eigenvalue weighted by Crippen LogP contribution is 2.26. The number of rotatable bonds is 5. The summed E-state index contributed by atoms with van der Waals surface area (Å²) in [5, 5.41) is 16.7. The number of benzene rings is 2. The number of anilines is 1. The average Bonchev–Trinajstić information content (AvgIpc) is 2.52. The average molecular weight is 535 g/mol. The van der Waals surface area contributed by atoms with Crippen molar-refractivity contribution in [1.29, 1.82) is 0 Å². The zero-order valence-electron chi connectivity index (χ0n) is 12.3. The second kappa shape index (κ2) is 8.48. The van der Waals surface area contributed by atoms with E-state index in [4.69, 9.17) is 0 Å². The lowest BCUT2D eigenvalue weighted by Gasteiger charge is -2.05. The van der Waals surface area contributed by atoms with Crippen LogP contribution in [0.15, 0.2) is 41.5 Å². The van der Waals surface area contributed by atoms with Gasteiger partial charge in [-0.3, -0.25) is 4.79 Å². The summed E-state index contributed by atoms with van der Waals surface area (Å²) >= 11 is 4.10. The van der Waals surface area contributed by atoms with Crippen molar-refractivity contribution in [3.63, 3.8) is 0 Å². The molecule has 0 aliphatic carbocycles. The summed E-state index contributed by atoms with van der Waals surface area (Å²) < 4.78 is 1.48. The molecule has 0 heterocycles. The van der Waals surface area contributed by atoms with E-state index < -0.39 is 0 Å². The summed E-state index contributed by atoms with van der Waals surface area (Å²) in [5.41, 5.74) is 5.33. The van der Waals surface area contributed by atoms with Gasteiger partial charge in [0.1, 0.15) is 5.75 Å². The van der Waals surface area contributed by atoms with E-state index in [2.05, 4.69) is 15.8 Å². The number of phenols is 1. The molecule has 0 radical (unpaired) electrons. The molecule has 0 saturated heterocycles. The lowest BCUT2D eigenvalue weighted by atomic mass is 10.2. The summed E-state index contributed by atoms with van der Waals surface area (Å²) in [4.78, 5) is 11.7. The highest BCUT2D eigenvalue weighted by atomic mass is 127. The van der Waals surface area contributed by atoms with Crippen LogP contribution in [0, 0.1) is 14.1 Å². The maximum Gasteiger partial charge on any atom is 0.259 e. The maximum absolute atomic E-state index is 11.7. The molecular formula is C16H15I2N3O2. The van der Waals surface area contributed by atoms with Crippen molar-refractivity contribution in [2.75, 3.05) is 11.9 Å². The van der Waals surface area contributed by atoms with Crippen LogP contribution in [-0.2, 0) is 4.79 Å². The minimum atomic E-state index is -0.231. The Hall–Kier alpha value is -1.36. The van der Waals surface area contributed by atoms with Gasteiger partial charge < -0.3 is 10.4 Å². The van der Waals surface area contributed by atoms with Crippen LogP contribution in [0.4, 0.5) is 5.69 Å². The van der Waals surface area contributed by atoms with Crippen LogP contribution in [0.3, 0.4) is 0 Å². The van der Waals surface area contributed by atoms with E-state index in [0.717, 1.165) is 18.4 Å². The zero-order chi connectivity index (χ0) is 16.8. The molecule has 0 aromatic heterocycles. The number of hydrazone groups is 1. The van der Waals surface area contributed by atoms with Gasteiger partial charge in [0, 0.05) is 5.69 Å². The van der Waals surface area contributed by atoms with Crippen LogP contribution in [0.2, 0.25) is 0 Å². The third-order valence-corrected chi connectivity index (χ3v) is 4.59. The van der Waals surface area contributed by atoms with Gasteiger partial charge in [0.25, 0.3) is 5.91 Å². The number of hydrogen-bond donors (Lipinski definition) is 3. The second-order valence-corrected chi connectivity index (χ2v) is 7.17. The molecule has 2 aromatic carbocycles. The molecule has 3 N–H and O–H groups in total. The fraction of sp³-hybridized carbons (Fsp3) is 0.125. The van der Waals surface area contributed by atoms with Crippen LogP contribution >= 0.6 is 45.2 Å². The van der Waals surface area contributed by atoms with Gasteiger partial charge in [0.05, 0.1) is 19.9 Å². The number of aryl methyl sites for hydroxylation is 1. The fourth-order valence-electron chi connectivity index (χ4n) is 1.73. The molecule has 0 spiro atoms. The van der Waals surface area contributed by atoms with Crippen LogP contribution in [0.1, 0.15) is 11.1 Å². The van der Waals surface area contributed by atoms with E-state index >= 15 is 0 Å². The minimum absolute atomic E-state index is 0.144. The van der Waals surface area contributed by atoms with Crippen LogP contribution in [0.5, 0.6) is 5.75 Å². The van der Waals surface area contributed by atoms with Crippen molar-refractivity contribution in [3.05, 3.63) is 54.7 Å². The topological polar surface area (TPSA) is 73.7 Å². The van der Waals surface area contributed by atoms with Gasteiger partial charge >= 0.3 is 0 Å². The number of nitrogens with zero attached hydrogens (tertiary/aromatic N) is 1. The smallest absolute Gasteiger partial charge is 0.259 e. The highest BCUT2D eigenvalue weighted by molar-refractivity contribution is 14.1. The Morgan fingerprint density at radius 3 is 2.43 bits per heavy atom. The molecule has 0 fully saturated rings. The highest BCUT2D eigenvalue weighted by Gasteiger charge is 2.04. The predicted molar refractivity (Wildman–Crippen MR) is 109 cm³/mol. The largest absolute Gasteiger partial charge is 0.506 e. The van der Waals surface area contributed by atoms with Gasteiger partial charge in [-0.25, -0.2) is 5.43 Å². The molecule has 120 valence electrons. The summed E-state index contributed by atoms with van der Waals surface area (Å²) in [6.07, 6.45) is 1.55. The Bertz CT molecular complexity index is 708. The summed E-state index contributed by atoms with van der Waals surface area (Å²) in [6.45, 7) is 2.15. The van der Waals surface area contributed by atoms with Gasteiger partial charge in [0.2, 0.25) is 0 Å². The third kappa shape index (κ3) is 5.65. The van der Waals surface area contributed by atoms with E-state index in [0.29, 0.717) is 0 Å². The summed E-state index contributed by atoms with van der Waals surface area (Å²) in [6, 6.07) is 11.4. The van der Waals surface area contributed by atoms with Crippen molar-refractivity contribution in [2.45, 2.75) is 6.92 Å². The molecule has 7 heteroatoms. The van der Waals surface area contributed by atoms with Crippen molar-refractivity contribution in [2.24, 2.45) is 5.10 Å². The maximum atomic E-state index is 11.7.